The monoisotopic (exact) mass is 488 g/mol. The van der Waals surface area contributed by atoms with Crippen molar-refractivity contribution < 1.29 is 9.84 Å². The van der Waals surface area contributed by atoms with Crippen molar-refractivity contribution in [2.45, 2.75) is 26.0 Å². The van der Waals surface area contributed by atoms with Crippen LogP contribution in [-0.4, -0.2) is 52.6 Å². The summed E-state index contributed by atoms with van der Waals surface area (Å²) in [5.74, 6) is 2.19. The number of methoxy groups -OCH3 is 1. The summed E-state index contributed by atoms with van der Waals surface area (Å²) < 4.78 is 6.97. The van der Waals surface area contributed by atoms with Crippen LogP contribution in [0.5, 0.6) is 0 Å². The van der Waals surface area contributed by atoms with Crippen molar-refractivity contribution in [1.29, 1.82) is 0 Å². The largest absolute Gasteiger partial charge is 0.384 e. The normalized spacial score (nSPS) is 13.6. The molecule has 0 radical (unpaired) electrons. The van der Waals surface area contributed by atoms with Gasteiger partial charge in [0, 0.05) is 20.7 Å². The maximum Gasteiger partial charge on any atom is 0.191 e. The van der Waals surface area contributed by atoms with Gasteiger partial charge in [-0.15, -0.1) is 34.2 Å². The maximum atomic E-state index is 10.7. The Morgan fingerprint density at radius 1 is 1.26 bits per heavy atom. The topological polar surface area (TPSA) is 96.6 Å². The number of aliphatic imine (C=N–C) groups is 1. The highest BCUT2D eigenvalue weighted by Crippen LogP contribution is 2.18. The average molecular weight is 488 g/mol. The van der Waals surface area contributed by atoms with E-state index in [-0.39, 0.29) is 24.0 Å². The first-order chi connectivity index (χ1) is 12.4. The number of aromatic nitrogens is 3. The molecule has 0 amide bonds. The molecule has 0 fully saturated rings. The van der Waals surface area contributed by atoms with Crippen LogP contribution in [0, 0.1) is 6.92 Å². The predicted octanol–water partition coefficient (Wildman–Crippen LogP) is 1.33. The number of nitrogens with zero attached hydrogens (tertiary/aromatic N) is 4. The van der Waals surface area contributed by atoms with E-state index in [9.17, 15) is 5.11 Å². The summed E-state index contributed by atoms with van der Waals surface area (Å²) in [6, 6.07) is 9.55. The van der Waals surface area contributed by atoms with Crippen molar-refractivity contribution >= 4 is 29.9 Å². The lowest BCUT2D eigenvalue weighted by molar-refractivity contribution is 0.0616. The van der Waals surface area contributed by atoms with E-state index in [1.54, 1.807) is 14.0 Å². The van der Waals surface area contributed by atoms with Gasteiger partial charge >= 0.3 is 0 Å². The Morgan fingerprint density at radius 3 is 2.56 bits per heavy atom. The van der Waals surface area contributed by atoms with E-state index >= 15 is 0 Å². The first kappa shape index (κ1) is 23.3. The molecule has 3 N–H and O–H groups in total. The molecule has 0 aliphatic rings. The molecule has 8 nitrogen and oxygen atoms in total. The SMILES string of the molecule is COCCNC(=NCc1nnc(C)n1C)NCC(C)(O)c1ccccc1.I. The summed E-state index contributed by atoms with van der Waals surface area (Å²) in [7, 11) is 3.56. The number of aliphatic hydroxyl groups is 1. The highest BCUT2D eigenvalue weighted by molar-refractivity contribution is 14.0. The lowest BCUT2D eigenvalue weighted by Crippen LogP contribution is -2.45. The molecule has 2 aromatic rings. The summed E-state index contributed by atoms with van der Waals surface area (Å²) in [6.45, 7) is 5.52. The van der Waals surface area contributed by atoms with E-state index in [4.69, 9.17) is 4.74 Å². The van der Waals surface area contributed by atoms with Gasteiger partial charge in [-0.2, -0.15) is 0 Å². The molecule has 1 heterocycles. The lowest BCUT2D eigenvalue weighted by atomic mass is 9.96. The Balaban J connectivity index is 0.00000364. The molecule has 0 aliphatic heterocycles. The van der Waals surface area contributed by atoms with E-state index in [0.717, 1.165) is 17.2 Å². The molecule has 2 rings (SSSR count). The number of guanidine groups is 1. The van der Waals surface area contributed by atoms with Crippen LogP contribution >= 0.6 is 24.0 Å². The summed E-state index contributed by atoms with van der Waals surface area (Å²) in [5, 5.41) is 25.3. The van der Waals surface area contributed by atoms with E-state index in [1.165, 1.54) is 0 Å². The Kier molecular flexibility index (Phi) is 9.67. The zero-order valence-electron chi connectivity index (χ0n) is 16.3. The highest BCUT2D eigenvalue weighted by Gasteiger charge is 2.23. The second-order valence-electron chi connectivity index (χ2n) is 6.30. The van der Waals surface area contributed by atoms with E-state index in [0.29, 0.717) is 32.2 Å². The fourth-order valence-electron chi connectivity index (χ4n) is 2.34. The highest BCUT2D eigenvalue weighted by atomic mass is 127. The average Bonchev–Trinajstić information content (AvgIpc) is 2.96. The summed E-state index contributed by atoms with van der Waals surface area (Å²) >= 11 is 0. The molecule has 150 valence electrons. The molecule has 0 spiro atoms. The number of hydrogen-bond acceptors (Lipinski definition) is 5. The molecule has 1 atom stereocenters. The summed E-state index contributed by atoms with van der Waals surface area (Å²) in [6.07, 6.45) is 0. The Morgan fingerprint density at radius 2 is 1.96 bits per heavy atom. The third-order valence-electron chi connectivity index (χ3n) is 4.16. The maximum absolute atomic E-state index is 10.7. The standard InChI is InChI=1S/C18H28N6O2.HI/c1-14-22-23-16(24(14)3)12-20-17(19-10-11-26-4)21-13-18(2,25)15-8-6-5-7-9-15;/h5-9,25H,10-13H2,1-4H3,(H2,19,20,21);1H. The van der Waals surface area contributed by atoms with Crippen LogP contribution in [0.2, 0.25) is 0 Å². The molecule has 27 heavy (non-hydrogen) atoms. The minimum Gasteiger partial charge on any atom is -0.384 e. The van der Waals surface area contributed by atoms with Gasteiger partial charge in [0.2, 0.25) is 0 Å². The van der Waals surface area contributed by atoms with Gasteiger partial charge in [-0.1, -0.05) is 30.3 Å². The van der Waals surface area contributed by atoms with Gasteiger partial charge in [0.15, 0.2) is 11.8 Å². The van der Waals surface area contributed by atoms with Gasteiger partial charge in [-0.25, -0.2) is 4.99 Å². The fraction of sp³-hybridized carbons (Fsp3) is 0.500. The van der Waals surface area contributed by atoms with Crippen molar-refractivity contribution in [2.75, 3.05) is 26.8 Å². The molecule has 0 aliphatic carbocycles. The predicted molar refractivity (Wildman–Crippen MR) is 116 cm³/mol. The van der Waals surface area contributed by atoms with Gasteiger partial charge in [-0.3, -0.25) is 0 Å². The van der Waals surface area contributed by atoms with Crippen molar-refractivity contribution in [3.05, 3.63) is 47.5 Å². The molecule has 9 heteroatoms. The van der Waals surface area contributed by atoms with Crippen LogP contribution < -0.4 is 10.6 Å². The zero-order valence-corrected chi connectivity index (χ0v) is 18.6. The van der Waals surface area contributed by atoms with Gasteiger partial charge in [0.1, 0.15) is 18.0 Å². The minimum absolute atomic E-state index is 0. The Bertz CT molecular complexity index is 718. The van der Waals surface area contributed by atoms with E-state index in [1.807, 2.05) is 48.9 Å². The van der Waals surface area contributed by atoms with Gasteiger partial charge in [0.05, 0.1) is 13.2 Å². The second kappa shape index (κ2) is 11.2. The van der Waals surface area contributed by atoms with Crippen molar-refractivity contribution in [3.63, 3.8) is 0 Å². The number of hydrogen-bond donors (Lipinski definition) is 3. The number of benzene rings is 1. The number of rotatable bonds is 8. The number of nitrogens with one attached hydrogen (secondary N) is 2. The van der Waals surface area contributed by atoms with Crippen LogP contribution in [0.15, 0.2) is 35.3 Å². The van der Waals surface area contributed by atoms with Crippen LogP contribution in [0.4, 0.5) is 0 Å². The minimum atomic E-state index is -1.02. The van der Waals surface area contributed by atoms with Crippen molar-refractivity contribution in [1.82, 2.24) is 25.4 Å². The van der Waals surface area contributed by atoms with Gasteiger partial charge < -0.3 is 25.0 Å². The molecule has 1 aromatic carbocycles. The van der Waals surface area contributed by atoms with Crippen molar-refractivity contribution in [3.8, 4) is 0 Å². The summed E-state index contributed by atoms with van der Waals surface area (Å²) in [4.78, 5) is 4.54. The number of aryl methyl sites for hydroxylation is 1. The molecule has 0 bridgehead atoms. The molecule has 1 aromatic heterocycles. The molecule has 0 saturated heterocycles. The molecule has 1 unspecified atom stereocenters. The molecular formula is C18H29IN6O2. The van der Waals surface area contributed by atoms with Crippen LogP contribution in [0.1, 0.15) is 24.1 Å². The zero-order chi connectivity index (χ0) is 19.0. The second-order valence-corrected chi connectivity index (χ2v) is 6.30. The first-order valence-electron chi connectivity index (χ1n) is 8.58. The van der Waals surface area contributed by atoms with Gasteiger partial charge in [-0.05, 0) is 19.4 Å². The quantitative estimate of drug-likeness (QED) is 0.225. The van der Waals surface area contributed by atoms with E-state index in [2.05, 4.69) is 25.8 Å². The number of ether oxygens (including phenoxy) is 1. The fourth-order valence-corrected chi connectivity index (χ4v) is 2.34. The van der Waals surface area contributed by atoms with Crippen LogP contribution in [0.25, 0.3) is 0 Å². The molecule has 0 saturated carbocycles. The number of halogens is 1. The molecular weight excluding hydrogens is 459 g/mol. The summed E-state index contributed by atoms with van der Waals surface area (Å²) in [5.41, 5.74) is -0.181. The van der Waals surface area contributed by atoms with Gasteiger partial charge in [0.25, 0.3) is 0 Å². The third-order valence-corrected chi connectivity index (χ3v) is 4.16. The lowest BCUT2D eigenvalue weighted by Gasteiger charge is -2.25. The Hall–Kier alpha value is -1.72. The first-order valence-corrected chi connectivity index (χ1v) is 8.58. The van der Waals surface area contributed by atoms with Crippen LogP contribution in [-0.2, 0) is 23.9 Å². The Labute approximate surface area is 177 Å². The smallest absolute Gasteiger partial charge is 0.191 e. The third kappa shape index (κ3) is 7.07. The van der Waals surface area contributed by atoms with E-state index < -0.39 is 5.60 Å². The van der Waals surface area contributed by atoms with Crippen LogP contribution in [0.3, 0.4) is 0 Å². The van der Waals surface area contributed by atoms with Crippen molar-refractivity contribution in [2.24, 2.45) is 12.0 Å².